The molecule has 2 aromatic rings. The van der Waals surface area contributed by atoms with Crippen molar-refractivity contribution in [2.45, 2.75) is 37.3 Å². The van der Waals surface area contributed by atoms with Gasteiger partial charge in [-0.05, 0) is 5.56 Å². The van der Waals surface area contributed by atoms with Gasteiger partial charge in [-0.15, -0.1) is 15.0 Å². The Balaban J connectivity index is 1.74. The summed E-state index contributed by atoms with van der Waals surface area (Å²) in [5, 5.41) is 38.9. The van der Waals surface area contributed by atoms with Crippen molar-refractivity contribution in [3.8, 4) is 18.0 Å². The summed E-state index contributed by atoms with van der Waals surface area (Å²) in [5.74, 6) is 0. The molecule has 0 amide bonds. The second-order valence-electron chi connectivity index (χ2n) is 5.98. The molecular formula is C17H21N3O8. The molecule has 1 saturated heterocycles. The number of hydrogen-bond acceptors (Lipinski definition) is 11. The normalized spacial score (nSPS) is 27.2. The predicted octanol–water partition coefficient (Wildman–Crippen LogP) is -1.36. The quantitative estimate of drug-likeness (QED) is 0.439. The second-order valence-corrected chi connectivity index (χ2v) is 5.98. The fourth-order valence-electron chi connectivity index (χ4n) is 2.52. The van der Waals surface area contributed by atoms with E-state index in [1.54, 1.807) is 0 Å². The van der Waals surface area contributed by atoms with Crippen LogP contribution in [0.5, 0.6) is 18.0 Å². The number of nitrogens with zero attached hydrogens (tertiary/aromatic N) is 3. The van der Waals surface area contributed by atoms with E-state index in [9.17, 15) is 20.4 Å². The lowest BCUT2D eigenvalue weighted by atomic mass is 9.99. The van der Waals surface area contributed by atoms with Crippen molar-refractivity contribution in [2.24, 2.45) is 0 Å². The third-order valence-corrected chi connectivity index (χ3v) is 4.04. The second kappa shape index (κ2) is 9.08. The van der Waals surface area contributed by atoms with Gasteiger partial charge in [-0.2, -0.15) is 0 Å². The molecule has 0 radical (unpaired) electrons. The number of hydrogen-bond donors (Lipinski definition) is 4. The topological polar surface area (TPSA) is 157 Å². The molecule has 1 aromatic carbocycles. The molecule has 1 aliphatic rings. The maximum Gasteiger partial charge on any atom is 0.328 e. The van der Waals surface area contributed by atoms with Crippen molar-refractivity contribution in [2.75, 3.05) is 13.7 Å². The van der Waals surface area contributed by atoms with Gasteiger partial charge in [0.2, 0.25) is 6.29 Å². The molecule has 152 valence electrons. The molecule has 0 aliphatic carbocycles. The van der Waals surface area contributed by atoms with Gasteiger partial charge in [0.05, 0.1) is 13.7 Å². The lowest BCUT2D eigenvalue weighted by molar-refractivity contribution is -0.278. The number of ether oxygens (including phenoxy) is 4. The SMILES string of the molecule is COc1nc(OCc2ccccc2)nc(O[C@@H]2O[C@H](CO)[C@@H](O)[C@H](O)[C@H]2O)n1. The monoisotopic (exact) mass is 395 g/mol. The van der Waals surface area contributed by atoms with Crippen molar-refractivity contribution < 1.29 is 39.4 Å². The van der Waals surface area contributed by atoms with Gasteiger partial charge in [-0.1, -0.05) is 30.3 Å². The molecule has 1 aliphatic heterocycles. The molecule has 0 bridgehead atoms. The smallest absolute Gasteiger partial charge is 0.328 e. The van der Waals surface area contributed by atoms with E-state index in [4.69, 9.17) is 18.9 Å². The third-order valence-electron chi connectivity index (χ3n) is 4.04. The first-order valence-electron chi connectivity index (χ1n) is 8.45. The van der Waals surface area contributed by atoms with E-state index in [1.807, 2.05) is 30.3 Å². The molecule has 0 saturated carbocycles. The fraction of sp³-hybridized carbons (Fsp3) is 0.471. The molecular weight excluding hydrogens is 374 g/mol. The summed E-state index contributed by atoms with van der Waals surface area (Å²) in [6.07, 6.45) is -7.26. The molecule has 4 N–H and O–H groups in total. The summed E-state index contributed by atoms with van der Waals surface area (Å²) >= 11 is 0. The zero-order valence-corrected chi connectivity index (χ0v) is 15.0. The van der Waals surface area contributed by atoms with Crippen molar-refractivity contribution in [3.63, 3.8) is 0 Å². The minimum absolute atomic E-state index is 0.0877. The van der Waals surface area contributed by atoms with E-state index in [2.05, 4.69) is 15.0 Å². The fourth-order valence-corrected chi connectivity index (χ4v) is 2.52. The lowest BCUT2D eigenvalue weighted by Crippen LogP contribution is -2.60. The molecule has 5 atom stereocenters. The van der Waals surface area contributed by atoms with E-state index >= 15 is 0 Å². The zero-order chi connectivity index (χ0) is 20.1. The van der Waals surface area contributed by atoms with Crippen LogP contribution in [-0.2, 0) is 11.3 Å². The van der Waals surface area contributed by atoms with E-state index in [0.29, 0.717) is 0 Å². The molecule has 0 unspecified atom stereocenters. The average molecular weight is 395 g/mol. The Morgan fingerprint density at radius 2 is 1.61 bits per heavy atom. The molecule has 3 rings (SSSR count). The highest BCUT2D eigenvalue weighted by Gasteiger charge is 2.45. The first-order valence-corrected chi connectivity index (χ1v) is 8.45. The summed E-state index contributed by atoms with van der Waals surface area (Å²) in [4.78, 5) is 11.8. The highest BCUT2D eigenvalue weighted by molar-refractivity contribution is 5.15. The van der Waals surface area contributed by atoms with Gasteiger partial charge >= 0.3 is 18.0 Å². The zero-order valence-electron chi connectivity index (χ0n) is 15.0. The van der Waals surface area contributed by atoms with Crippen LogP contribution in [-0.4, -0.2) is 79.8 Å². The molecule has 11 heteroatoms. The summed E-state index contributed by atoms with van der Waals surface area (Å²) in [5.41, 5.74) is 0.887. The van der Waals surface area contributed by atoms with Gasteiger partial charge in [-0.25, -0.2) is 0 Å². The minimum Gasteiger partial charge on any atom is -0.467 e. The van der Waals surface area contributed by atoms with Gasteiger partial charge in [0.1, 0.15) is 31.0 Å². The van der Waals surface area contributed by atoms with Crippen LogP contribution in [0.1, 0.15) is 5.56 Å². The van der Waals surface area contributed by atoms with Crippen molar-refractivity contribution in [3.05, 3.63) is 35.9 Å². The molecule has 11 nitrogen and oxygen atoms in total. The maximum absolute atomic E-state index is 10.1. The van der Waals surface area contributed by atoms with Crippen LogP contribution in [0, 0.1) is 0 Å². The van der Waals surface area contributed by atoms with Gasteiger partial charge < -0.3 is 39.4 Å². The molecule has 0 spiro atoms. The number of aliphatic hydroxyl groups is 4. The Morgan fingerprint density at radius 1 is 0.929 bits per heavy atom. The lowest BCUT2D eigenvalue weighted by Gasteiger charge is -2.39. The number of benzene rings is 1. The van der Waals surface area contributed by atoms with Gasteiger partial charge in [0.15, 0.2) is 0 Å². The van der Waals surface area contributed by atoms with Crippen LogP contribution in [0.3, 0.4) is 0 Å². The molecule has 28 heavy (non-hydrogen) atoms. The highest BCUT2D eigenvalue weighted by atomic mass is 16.7. The summed E-state index contributed by atoms with van der Waals surface area (Å²) < 4.78 is 21.1. The number of methoxy groups -OCH3 is 1. The first-order chi connectivity index (χ1) is 13.5. The first kappa shape index (κ1) is 20.2. The Hall–Kier alpha value is -2.57. The van der Waals surface area contributed by atoms with E-state index < -0.39 is 37.3 Å². The number of aromatic nitrogens is 3. The van der Waals surface area contributed by atoms with Gasteiger partial charge in [0.25, 0.3) is 0 Å². The number of rotatable bonds is 7. The van der Waals surface area contributed by atoms with Crippen LogP contribution < -0.4 is 14.2 Å². The van der Waals surface area contributed by atoms with E-state index in [-0.39, 0.29) is 24.6 Å². The largest absolute Gasteiger partial charge is 0.467 e. The van der Waals surface area contributed by atoms with Crippen molar-refractivity contribution >= 4 is 0 Å². The van der Waals surface area contributed by atoms with Crippen LogP contribution in [0.2, 0.25) is 0 Å². The minimum atomic E-state index is -1.60. The summed E-state index contributed by atoms with van der Waals surface area (Å²) in [7, 11) is 1.34. The Bertz CT molecular complexity index is 763. The van der Waals surface area contributed by atoms with Gasteiger partial charge in [0, 0.05) is 0 Å². The molecule has 1 fully saturated rings. The Labute approximate surface area is 160 Å². The maximum atomic E-state index is 10.1. The Morgan fingerprint density at radius 3 is 2.29 bits per heavy atom. The standard InChI is InChI=1S/C17H21N3O8/c1-25-15-18-16(26-8-9-5-3-2-4-6-9)20-17(19-15)28-14-13(24)12(23)11(22)10(7-21)27-14/h2-6,10-14,21-24H,7-8H2,1H3/t10-,11-,12+,13-,14+/m1/s1. The third kappa shape index (κ3) is 4.64. The Kier molecular flexibility index (Phi) is 6.54. The van der Waals surface area contributed by atoms with Gasteiger partial charge in [-0.3, -0.25) is 0 Å². The molecule has 1 aromatic heterocycles. The van der Waals surface area contributed by atoms with Crippen LogP contribution in [0.15, 0.2) is 30.3 Å². The van der Waals surface area contributed by atoms with Crippen LogP contribution >= 0.6 is 0 Å². The summed E-state index contributed by atoms with van der Waals surface area (Å²) in [6, 6.07) is 8.85. The van der Waals surface area contributed by atoms with Crippen LogP contribution in [0.4, 0.5) is 0 Å². The van der Waals surface area contributed by atoms with E-state index in [0.717, 1.165) is 5.56 Å². The van der Waals surface area contributed by atoms with Crippen molar-refractivity contribution in [1.82, 2.24) is 15.0 Å². The summed E-state index contributed by atoms with van der Waals surface area (Å²) in [6.45, 7) is -0.399. The highest BCUT2D eigenvalue weighted by Crippen LogP contribution is 2.24. The predicted molar refractivity (Wildman–Crippen MR) is 91.5 cm³/mol. The average Bonchev–Trinajstić information content (AvgIpc) is 2.73. The molecule has 2 heterocycles. The number of aliphatic hydroxyl groups excluding tert-OH is 4. The van der Waals surface area contributed by atoms with Crippen LogP contribution in [0.25, 0.3) is 0 Å². The van der Waals surface area contributed by atoms with E-state index in [1.165, 1.54) is 7.11 Å². The van der Waals surface area contributed by atoms with Crippen molar-refractivity contribution in [1.29, 1.82) is 0 Å².